The lowest BCUT2D eigenvalue weighted by Crippen LogP contribution is -2.37. The molecule has 0 bridgehead atoms. The quantitative estimate of drug-likeness (QED) is 0.463. The van der Waals surface area contributed by atoms with Gasteiger partial charge < -0.3 is 15.2 Å². The Hall–Kier alpha value is -3.93. The number of carbonyl (C=O) groups is 2. The Labute approximate surface area is 190 Å². The molecule has 2 N–H and O–H groups in total. The number of amides is 2. The lowest BCUT2D eigenvalue weighted by atomic mass is 9.98. The second kappa shape index (κ2) is 8.90. The zero-order valence-electron chi connectivity index (χ0n) is 18.1. The first-order valence-corrected chi connectivity index (χ1v) is 11.1. The Morgan fingerprint density at radius 2 is 1.88 bits per heavy atom. The summed E-state index contributed by atoms with van der Waals surface area (Å²) in [6.07, 6.45) is 4.95. The number of aromatic nitrogens is 1. The maximum Gasteiger partial charge on any atom is 0.251 e. The van der Waals surface area contributed by atoms with E-state index in [1.165, 1.54) is 12.1 Å². The van der Waals surface area contributed by atoms with Crippen molar-refractivity contribution in [2.75, 3.05) is 19.6 Å². The SMILES string of the molecule is O=C(NCCC(=O)N1CC=C(c2c[nH]c3cc(F)ccc23)CC1)c1ccc2ccccc2c1. The second-order valence-corrected chi connectivity index (χ2v) is 8.28. The summed E-state index contributed by atoms with van der Waals surface area (Å²) >= 11 is 0. The standard InChI is InChI=1S/C27H24FN3O2/c28-22-7-8-23-24(17-30-25(23)16-22)19-10-13-31(14-11-19)26(32)9-12-29-27(33)21-6-5-18-3-1-2-4-20(18)15-21/h1-8,10,15-17,30H,9,11-14H2,(H,29,33). The van der Waals surface area contributed by atoms with Gasteiger partial charge in [-0.15, -0.1) is 0 Å². The van der Waals surface area contributed by atoms with Gasteiger partial charge in [-0.3, -0.25) is 9.59 Å². The summed E-state index contributed by atoms with van der Waals surface area (Å²) in [5, 5.41) is 5.93. The van der Waals surface area contributed by atoms with E-state index in [2.05, 4.69) is 16.4 Å². The molecule has 0 spiro atoms. The topological polar surface area (TPSA) is 65.2 Å². The van der Waals surface area contributed by atoms with Crippen molar-refractivity contribution in [2.45, 2.75) is 12.8 Å². The lowest BCUT2D eigenvalue weighted by Gasteiger charge is -2.26. The van der Waals surface area contributed by atoms with Crippen LogP contribution in [-0.2, 0) is 4.79 Å². The number of aromatic amines is 1. The maximum atomic E-state index is 13.4. The highest BCUT2D eigenvalue weighted by molar-refractivity contribution is 5.98. The molecule has 2 heterocycles. The van der Waals surface area contributed by atoms with E-state index >= 15 is 0 Å². The van der Waals surface area contributed by atoms with Crippen molar-refractivity contribution >= 4 is 39.1 Å². The first kappa shape index (κ1) is 20.9. The molecule has 1 aliphatic rings. The van der Waals surface area contributed by atoms with Gasteiger partial charge >= 0.3 is 0 Å². The number of rotatable bonds is 5. The number of nitrogens with one attached hydrogen (secondary N) is 2. The molecule has 1 aliphatic heterocycles. The molecule has 0 fully saturated rings. The van der Waals surface area contributed by atoms with Gasteiger partial charge in [0.1, 0.15) is 5.82 Å². The van der Waals surface area contributed by atoms with Crippen LogP contribution in [0.3, 0.4) is 0 Å². The molecular formula is C27H24FN3O2. The van der Waals surface area contributed by atoms with Crippen molar-refractivity contribution < 1.29 is 14.0 Å². The predicted octanol–water partition coefficient (Wildman–Crippen LogP) is 4.90. The molecular weight excluding hydrogens is 417 g/mol. The van der Waals surface area contributed by atoms with E-state index in [9.17, 15) is 14.0 Å². The highest BCUT2D eigenvalue weighted by Gasteiger charge is 2.19. The molecule has 5 nitrogen and oxygen atoms in total. The maximum absolute atomic E-state index is 13.4. The number of hydrogen-bond acceptors (Lipinski definition) is 2. The summed E-state index contributed by atoms with van der Waals surface area (Å²) in [6, 6.07) is 18.2. The molecule has 166 valence electrons. The minimum absolute atomic E-state index is 0.0186. The molecule has 1 aromatic heterocycles. The van der Waals surface area contributed by atoms with E-state index in [4.69, 9.17) is 0 Å². The molecule has 2 amide bonds. The lowest BCUT2D eigenvalue weighted by molar-refractivity contribution is -0.130. The highest BCUT2D eigenvalue weighted by Crippen LogP contribution is 2.29. The van der Waals surface area contributed by atoms with E-state index in [0.29, 0.717) is 25.2 Å². The van der Waals surface area contributed by atoms with E-state index in [-0.39, 0.29) is 24.1 Å². The molecule has 3 aromatic carbocycles. The first-order valence-electron chi connectivity index (χ1n) is 11.1. The van der Waals surface area contributed by atoms with Crippen LogP contribution in [0.2, 0.25) is 0 Å². The first-order chi connectivity index (χ1) is 16.1. The monoisotopic (exact) mass is 441 g/mol. The van der Waals surface area contributed by atoms with Gasteiger partial charge in [-0.1, -0.05) is 36.4 Å². The molecule has 0 saturated heterocycles. The third-order valence-corrected chi connectivity index (χ3v) is 6.19. The van der Waals surface area contributed by atoms with E-state index in [1.807, 2.05) is 42.6 Å². The van der Waals surface area contributed by atoms with Crippen molar-refractivity contribution in [2.24, 2.45) is 0 Å². The van der Waals surface area contributed by atoms with Crippen molar-refractivity contribution in [3.05, 3.63) is 89.9 Å². The zero-order chi connectivity index (χ0) is 22.8. The third kappa shape index (κ3) is 4.37. The summed E-state index contributed by atoms with van der Waals surface area (Å²) in [4.78, 5) is 30.0. The van der Waals surface area contributed by atoms with Gasteiger partial charge in [0, 0.05) is 54.3 Å². The number of H-pyrrole nitrogens is 1. The highest BCUT2D eigenvalue weighted by atomic mass is 19.1. The Kier molecular flexibility index (Phi) is 5.65. The minimum atomic E-state index is -0.266. The van der Waals surface area contributed by atoms with Crippen LogP contribution in [-0.4, -0.2) is 41.3 Å². The Bertz CT molecular complexity index is 1390. The zero-order valence-corrected chi connectivity index (χ0v) is 18.1. The molecule has 0 saturated carbocycles. The molecule has 0 unspecified atom stereocenters. The molecule has 0 atom stereocenters. The summed E-state index contributed by atoms with van der Waals surface area (Å²) in [5.41, 5.74) is 3.57. The van der Waals surface area contributed by atoms with Crippen LogP contribution in [0.25, 0.3) is 27.2 Å². The number of fused-ring (bicyclic) bond motifs is 2. The van der Waals surface area contributed by atoms with Crippen LogP contribution in [0.15, 0.2) is 72.9 Å². The smallest absolute Gasteiger partial charge is 0.251 e. The Morgan fingerprint density at radius 3 is 2.70 bits per heavy atom. The van der Waals surface area contributed by atoms with Crippen LogP contribution in [0.1, 0.15) is 28.8 Å². The van der Waals surface area contributed by atoms with E-state index in [0.717, 1.165) is 39.2 Å². The van der Waals surface area contributed by atoms with Crippen molar-refractivity contribution in [1.82, 2.24) is 15.2 Å². The largest absolute Gasteiger partial charge is 0.360 e. The summed E-state index contributed by atoms with van der Waals surface area (Å²) in [7, 11) is 0. The van der Waals surface area contributed by atoms with Crippen molar-refractivity contribution in [3.63, 3.8) is 0 Å². The fourth-order valence-corrected chi connectivity index (χ4v) is 4.38. The average molecular weight is 442 g/mol. The fraction of sp³-hybridized carbons (Fsp3) is 0.185. The molecule has 0 aliphatic carbocycles. The number of carbonyl (C=O) groups excluding carboxylic acids is 2. The van der Waals surface area contributed by atoms with Crippen molar-refractivity contribution in [3.8, 4) is 0 Å². The normalized spacial score (nSPS) is 13.8. The second-order valence-electron chi connectivity index (χ2n) is 8.28. The van der Waals surface area contributed by atoms with Crippen LogP contribution in [0, 0.1) is 5.82 Å². The number of nitrogens with zero attached hydrogens (tertiary/aromatic N) is 1. The molecule has 5 rings (SSSR count). The number of hydrogen-bond donors (Lipinski definition) is 2. The van der Waals surface area contributed by atoms with Gasteiger partial charge in [0.2, 0.25) is 5.91 Å². The predicted molar refractivity (Wildman–Crippen MR) is 128 cm³/mol. The van der Waals surface area contributed by atoms with Crippen molar-refractivity contribution in [1.29, 1.82) is 0 Å². The molecule has 0 radical (unpaired) electrons. The van der Waals surface area contributed by atoms with Crippen LogP contribution < -0.4 is 5.32 Å². The Balaban J connectivity index is 1.15. The van der Waals surface area contributed by atoms with Crippen LogP contribution in [0.4, 0.5) is 4.39 Å². The van der Waals surface area contributed by atoms with Gasteiger partial charge in [0.25, 0.3) is 5.91 Å². The van der Waals surface area contributed by atoms with E-state index in [1.54, 1.807) is 17.0 Å². The molecule has 33 heavy (non-hydrogen) atoms. The van der Waals surface area contributed by atoms with Gasteiger partial charge in [-0.05, 0) is 53.1 Å². The Morgan fingerprint density at radius 1 is 1.03 bits per heavy atom. The summed E-state index contributed by atoms with van der Waals surface area (Å²) < 4.78 is 13.4. The molecule has 4 aromatic rings. The van der Waals surface area contributed by atoms with Gasteiger partial charge in [0.05, 0.1) is 0 Å². The van der Waals surface area contributed by atoms with Gasteiger partial charge in [0.15, 0.2) is 0 Å². The molecule has 6 heteroatoms. The fourth-order valence-electron chi connectivity index (χ4n) is 4.38. The van der Waals surface area contributed by atoms with Gasteiger partial charge in [-0.25, -0.2) is 4.39 Å². The number of halogens is 1. The average Bonchev–Trinajstić information content (AvgIpc) is 3.26. The summed E-state index contributed by atoms with van der Waals surface area (Å²) in [6.45, 7) is 1.45. The van der Waals surface area contributed by atoms with E-state index < -0.39 is 0 Å². The summed E-state index contributed by atoms with van der Waals surface area (Å²) in [5.74, 6) is -0.423. The van der Waals surface area contributed by atoms with Gasteiger partial charge in [-0.2, -0.15) is 0 Å². The number of benzene rings is 3. The van der Waals surface area contributed by atoms with Crippen LogP contribution in [0.5, 0.6) is 0 Å². The van der Waals surface area contributed by atoms with Crippen LogP contribution >= 0.6 is 0 Å². The third-order valence-electron chi connectivity index (χ3n) is 6.19. The minimum Gasteiger partial charge on any atom is -0.360 e.